The molecule has 0 amide bonds. The zero-order chi connectivity index (χ0) is 8.81. The van der Waals surface area contributed by atoms with E-state index in [0.717, 1.165) is 18.7 Å². The van der Waals surface area contributed by atoms with E-state index in [-0.39, 0.29) is 0 Å². The van der Waals surface area contributed by atoms with Gasteiger partial charge in [-0.3, -0.25) is 0 Å². The van der Waals surface area contributed by atoms with Crippen molar-refractivity contribution in [2.75, 3.05) is 6.61 Å². The van der Waals surface area contributed by atoms with Crippen molar-refractivity contribution in [3.8, 4) is 0 Å². The quantitative estimate of drug-likeness (QED) is 0.672. The van der Waals surface area contributed by atoms with E-state index in [2.05, 4.69) is 17.1 Å². The Labute approximate surface area is 71.9 Å². The highest BCUT2D eigenvalue weighted by Gasteiger charge is 2.03. The van der Waals surface area contributed by atoms with Crippen LogP contribution >= 0.6 is 0 Å². The van der Waals surface area contributed by atoms with Gasteiger partial charge in [0.1, 0.15) is 6.61 Å². The predicted molar refractivity (Wildman–Crippen MR) is 43.6 cm³/mol. The van der Waals surface area contributed by atoms with Crippen molar-refractivity contribution in [2.45, 2.75) is 33.3 Å². The average molecular weight is 170 g/mol. The van der Waals surface area contributed by atoms with E-state index in [4.69, 9.17) is 9.26 Å². The lowest BCUT2D eigenvalue weighted by molar-refractivity contribution is 0.109. The van der Waals surface area contributed by atoms with Gasteiger partial charge in [-0.15, -0.1) is 0 Å². The minimum Gasteiger partial charge on any atom is -0.372 e. The third-order valence-electron chi connectivity index (χ3n) is 1.41. The van der Waals surface area contributed by atoms with Crippen molar-refractivity contribution in [1.29, 1.82) is 0 Å². The van der Waals surface area contributed by atoms with Gasteiger partial charge in [-0.2, -0.15) is 4.98 Å². The first-order valence-electron chi connectivity index (χ1n) is 4.26. The molecular formula is C8H14N2O2. The van der Waals surface area contributed by atoms with Gasteiger partial charge < -0.3 is 9.26 Å². The van der Waals surface area contributed by atoms with E-state index in [1.54, 1.807) is 0 Å². The number of aromatic nitrogens is 2. The summed E-state index contributed by atoms with van der Waals surface area (Å²) < 4.78 is 10.0. The van der Waals surface area contributed by atoms with Gasteiger partial charge in [-0.05, 0) is 13.3 Å². The monoisotopic (exact) mass is 170 g/mol. The fraction of sp³-hybridized carbons (Fsp3) is 0.750. The predicted octanol–water partition coefficient (Wildman–Crippen LogP) is 1.56. The van der Waals surface area contributed by atoms with Gasteiger partial charge in [-0.1, -0.05) is 12.1 Å². The number of nitrogens with zero attached hydrogens (tertiary/aromatic N) is 2. The molecule has 1 rings (SSSR count). The Morgan fingerprint density at radius 1 is 1.42 bits per heavy atom. The van der Waals surface area contributed by atoms with Crippen LogP contribution in [0.3, 0.4) is 0 Å². The molecule has 0 saturated carbocycles. The smallest absolute Gasteiger partial charge is 0.252 e. The third kappa shape index (κ3) is 2.62. The van der Waals surface area contributed by atoms with Gasteiger partial charge >= 0.3 is 0 Å². The van der Waals surface area contributed by atoms with Crippen molar-refractivity contribution >= 4 is 0 Å². The van der Waals surface area contributed by atoms with Gasteiger partial charge in [-0.25, -0.2) is 0 Å². The molecule has 0 unspecified atom stereocenters. The number of aryl methyl sites for hydroxylation is 1. The maximum atomic E-state index is 5.11. The molecule has 0 radical (unpaired) electrons. The normalized spacial score (nSPS) is 10.5. The highest BCUT2D eigenvalue weighted by atomic mass is 16.5. The molecular weight excluding hydrogens is 156 g/mol. The van der Waals surface area contributed by atoms with E-state index < -0.39 is 0 Å². The summed E-state index contributed by atoms with van der Waals surface area (Å²) in [5.74, 6) is 1.34. The van der Waals surface area contributed by atoms with Gasteiger partial charge in [0.05, 0.1) is 0 Å². The van der Waals surface area contributed by atoms with Crippen LogP contribution in [0.5, 0.6) is 0 Å². The van der Waals surface area contributed by atoms with Crippen molar-refractivity contribution in [1.82, 2.24) is 10.1 Å². The molecule has 0 spiro atoms. The molecule has 0 N–H and O–H groups in total. The summed E-state index contributed by atoms with van der Waals surface area (Å²) in [4.78, 5) is 4.13. The summed E-state index contributed by atoms with van der Waals surface area (Å²) in [6, 6.07) is 0. The van der Waals surface area contributed by atoms with E-state index in [0.29, 0.717) is 19.1 Å². The number of hydrogen-bond donors (Lipinski definition) is 0. The lowest BCUT2D eigenvalue weighted by atomic mass is 10.3. The second-order valence-electron chi connectivity index (χ2n) is 2.49. The van der Waals surface area contributed by atoms with E-state index in [9.17, 15) is 0 Å². The third-order valence-corrected chi connectivity index (χ3v) is 1.41. The second-order valence-corrected chi connectivity index (χ2v) is 2.49. The van der Waals surface area contributed by atoms with Crippen molar-refractivity contribution in [3.05, 3.63) is 11.7 Å². The number of ether oxygens (including phenoxy) is 1. The zero-order valence-corrected chi connectivity index (χ0v) is 7.54. The average Bonchev–Trinajstić information content (AvgIpc) is 2.50. The van der Waals surface area contributed by atoms with Crippen molar-refractivity contribution in [3.63, 3.8) is 0 Å². The van der Waals surface area contributed by atoms with E-state index in [1.807, 2.05) is 6.92 Å². The van der Waals surface area contributed by atoms with Crippen LogP contribution in [-0.4, -0.2) is 16.7 Å². The molecule has 12 heavy (non-hydrogen) atoms. The lowest BCUT2D eigenvalue weighted by Crippen LogP contribution is -1.92. The molecule has 4 nitrogen and oxygen atoms in total. The highest BCUT2D eigenvalue weighted by molar-refractivity contribution is 4.84. The van der Waals surface area contributed by atoms with E-state index in [1.165, 1.54) is 0 Å². The number of rotatable bonds is 5. The summed E-state index contributed by atoms with van der Waals surface area (Å²) in [6.07, 6.45) is 1.91. The molecule has 4 heteroatoms. The Morgan fingerprint density at radius 2 is 2.25 bits per heavy atom. The fourth-order valence-corrected chi connectivity index (χ4v) is 0.863. The molecule has 0 aliphatic rings. The van der Waals surface area contributed by atoms with E-state index >= 15 is 0 Å². The van der Waals surface area contributed by atoms with Gasteiger partial charge in [0, 0.05) is 13.0 Å². The standard InChI is InChI=1S/C8H14N2O2/c1-3-5-7-9-8(12-10-7)6-11-4-2/h3-6H2,1-2H3. The lowest BCUT2D eigenvalue weighted by Gasteiger charge is -1.91. The summed E-state index contributed by atoms with van der Waals surface area (Å²) in [5, 5.41) is 3.79. The van der Waals surface area contributed by atoms with Crippen LogP contribution in [0, 0.1) is 0 Å². The molecule has 0 bridgehead atoms. The topological polar surface area (TPSA) is 48.2 Å². The first kappa shape index (κ1) is 9.19. The molecule has 68 valence electrons. The Balaban J connectivity index is 2.41. The molecule has 0 aromatic carbocycles. The molecule has 0 saturated heterocycles. The van der Waals surface area contributed by atoms with Crippen LogP contribution in [0.25, 0.3) is 0 Å². The first-order chi connectivity index (χ1) is 5.86. The van der Waals surface area contributed by atoms with Crippen LogP contribution in [0.1, 0.15) is 32.0 Å². The molecule has 0 aliphatic carbocycles. The van der Waals surface area contributed by atoms with Crippen LogP contribution in [-0.2, 0) is 17.8 Å². The van der Waals surface area contributed by atoms with Crippen molar-refractivity contribution in [2.24, 2.45) is 0 Å². The Kier molecular flexibility index (Phi) is 3.73. The van der Waals surface area contributed by atoms with Crippen molar-refractivity contribution < 1.29 is 9.26 Å². The minimum atomic E-state index is 0.424. The van der Waals surface area contributed by atoms with Gasteiger partial charge in [0.15, 0.2) is 5.82 Å². The molecule has 1 heterocycles. The summed E-state index contributed by atoms with van der Waals surface area (Å²) in [7, 11) is 0. The van der Waals surface area contributed by atoms with Crippen LogP contribution in [0.2, 0.25) is 0 Å². The van der Waals surface area contributed by atoms with Crippen LogP contribution < -0.4 is 0 Å². The van der Waals surface area contributed by atoms with Crippen LogP contribution in [0.4, 0.5) is 0 Å². The molecule has 0 fully saturated rings. The Bertz CT molecular complexity index is 223. The Morgan fingerprint density at radius 3 is 2.92 bits per heavy atom. The van der Waals surface area contributed by atoms with Gasteiger partial charge in [0.25, 0.3) is 5.89 Å². The minimum absolute atomic E-state index is 0.424. The molecule has 1 aromatic heterocycles. The number of hydrogen-bond acceptors (Lipinski definition) is 4. The molecule has 1 aromatic rings. The first-order valence-corrected chi connectivity index (χ1v) is 4.26. The maximum absolute atomic E-state index is 5.11. The summed E-state index contributed by atoms with van der Waals surface area (Å²) >= 11 is 0. The molecule has 0 atom stereocenters. The zero-order valence-electron chi connectivity index (χ0n) is 7.54. The largest absolute Gasteiger partial charge is 0.372 e. The summed E-state index contributed by atoms with van der Waals surface area (Å²) in [6.45, 7) is 5.11. The highest BCUT2D eigenvalue weighted by Crippen LogP contribution is 2.01. The van der Waals surface area contributed by atoms with Gasteiger partial charge in [0.2, 0.25) is 0 Å². The Hall–Kier alpha value is -0.900. The maximum Gasteiger partial charge on any atom is 0.252 e. The second kappa shape index (κ2) is 4.87. The summed E-state index contributed by atoms with van der Waals surface area (Å²) in [5.41, 5.74) is 0. The SMILES string of the molecule is CCCc1noc(COCC)n1. The fourth-order valence-electron chi connectivity index (χ4n) is 0.863. The molecule has 0 aliphatic heterocycles. The van der Waals surface area contributed by atoms with Crippen LogP contribution in [0.15, 0.2) is 4.52 Å².